The molecule has 2 amide bonds. The van der Waals surface area contributed by atoms with E-state index in [2.05, 4.69) is 29.0 Å². The van der Waals surface area contributed by atoms with E-state index in [1.54, 1.807) is 30.3 Å². The number of aliphatic hydroxyl groups excluding tert-OH is 1. The minimum absolute atomic E-state index is 0. The molecule has 0 heterocycles. The fourth-order valence-electron chi connectivity index (χ4n) is 2.19. The number of carbonyl (C=O) groups excluding carboxylic acids is 2. The molecule has 0 saturated heterocycles. The van der Waals surface area contributed by atoms with Crippen LogP contribution in [0.25, 0.3) is 0 Å². The van der Waals surface area contributed by atoms with Gasteiger partial charge < -0.3 is 15.5 Å². The van der Waals surface area contributed by atoms with Crippen LogP contribution in [0.2, 0.25) is 0 Å². The van der Waals surface area contributed by atoms with Crippen molar-refractivity contribution in [2.75, 3.05) is 0 Å². The summed E-state index contributed by atoms with van der Waals surface area (Å²) in [7, 11) is 0. The molecule has 0 aliphatic rings. The van der Waals surface area contributed by atoms with Gasteiger partial charge in [0.2, 0.25) is 0 Å². The molecule has 2 atom stereocenters. The minimum Gasteiger partial charge on any atom is -0.508 e. The van der Waals surface area contributed by atoms with Gasteiger partial charge in [-0.3, -0.25) is 14.8 Å². The number of phenols is 1. The first kappa shape index (κ1) is 23.3. The Balaban J connectivity index is 0.00000420. The number of nitrogens with one attached hydrogen (secondary N) is 2. The van der Waals surface area contributed by atoms with Gasteiger partial charge in [-0.05, 0) is 61.2 Å². The number of rotatable bonds is 4. The van der Waals surface area contributed by atoms with E-state index in [-0.39, 0.29) is 18.7 Å². The summed E-state index contributed by atoms with van der Waals surface area (Å²) in [6, 6.07) is 11.5. The van der Waals surface area contributed by atoms with Crippen LogP contribution in [-0.4, -0.2) is 39.4 Å². The molecule has 150 valence electrons. The van der Waals surface area contributed by atoms with Crippen LogP contribution in [0, 0.1) is 23.7 Å². The fraction of sp³-hybridized carbons (Fsp3) is 0.182. The van der Waals surface area contributed by atoms with Gasteiger partial charge in [0, 0.05) is 16.7 Å². The lowest BCUT2D eigenvalue weighted by molar-refractivity contribution is -0.133. The zero-order chi connectivity index (χ0) is 20.5. The lowest BCUT2D eigenvalue weighted by atomic mass is 10.1. The summed E-state index contributed by atoms with van der Waals surface area (Å²) in [5.74, 6) is 9.61. The molecule has 0 aliphatic heterocycles. The van der Waals surface area contributed by atoms with Crippen molar-refractivity contribution in [2.45, 2.75) is 26.5 Å². The van der Waals surface area contributed by atoms with Crippen LogP contribution in [0.3, 0.4) is 0 Å². The summed E-state index contributed by atoms with van der Waals surface area (Å²) < 4.78 is 0. The van der Waals surface area contributed by atoms with Crippen molar-refractivity contribution in [3.8, 4) is 29.4 Å². The van der Waals surface area contributed by atoms with E-state index in [4.69, 9.17) is 5.21 Å². The molecule has 2 aromatic rings. The lowest BCUT2D eigenvalue weighted by Gasteiger charge is -2.19. The largest absolute Gasteiger partial charge is 0.508 e. The first-order chi connectivity index (χ1) is 13.4. The Bertz CT molecular complexity index is 976. The van der Waals surface area contributed by atoms with Crippen LogP contribution in [0.1, 0.15) is 35.8 Å². The van der Waals surface area contributed by atoms with Crippen LogP contribution < -0.4 is 10.8 Å². The Morgan fingerprint density at radius 3 is 2.17 bits per heavy atom. The van der Waals surface area contributed by atoms with Gasteiger partial charge in [0.25, 0.3) is 11.8 Å². The normalized spacial score (nSPS) is 11.3. The molecule has 0 unspecified atom stereocenters. The lowest BCUT2D eigenvalue weighted by Crippen LogP contribution is -2.51. The highest BCUT2D eigenvalue weighted by atomic mass is 16.5. The average molecular weight is 394 g/mol. The summed E-state index contributed by atoms with van der Waals surface area (Å²) in [5.41, 5.74) is 2.92. The second kappa shape index (κ2) is 11.2. The maximum absolute atomic E-state index is 12.2. The first-order valence-electron chi connectivity index (χ1n) is 8.24. The maximum atomic E-state index is 12.2. The second-order valence-electron chi connectivity index (χ2n) is 5.80. The monoisotopic (exact) mass is 394 g/mol. The Morgan fingerprint density at radius 2 is 1.62 bits per heavy atom. The number of amides is 2. The van der Waals surface area contributed by atoms with Crippen molar-refractivity contribution in [1.82, 2.24) is 10.8 Å². The number of aliphatic hydroxyl groups is 1. The number of phenolic OH excluding ortho intramolecular Hbond substituents is 1. The smallest absolute Gasteiger partial charge is 0.268 e. The second-order valence-corrected chi connectivity index (χ2v) is 5.80. The highest BCUT2D eigenvalue weighted by molar-refractivity contribution is 5.97. The van der Waals surface area contributed by atoms with Gasteiger partial charge in [0.05, 0.1) is 6.10 Å². The highest BCUT2D eigenvalue weighted by Gasteiger charge is 2.25. The van der Waals surface area contributed by atoms with Crippen molar-refractivity contribution in [2.24, 2.45) is 0 Å². The molecule has 2 rings (SSSR count). The summed E-state index contributed by atoms with van der Waals surface area (Å²) in [5, 5.41) is 29.9. The van der Waals surface area contributed by atoms with E-state index in [0.717, 1.165) is 0 Å². The number of hydroxylamine groups is 1. The van der Waals surface area contributed by atoms with Crippen LogP contribution in [0.15, 0.2) is 48.5 Å². The molecule has 0 fully saturated rings. The van der Waals surface area contributed by atoms with E-state index in [0.29, 0.717) is 11.1 Å². The van der Waals surface area contributed by atoms with E-state index in [9.17, 15) is 19.8 Å². The van der Waals surface area contributed by atoms with Gasteiger partial charge in [-0.15, -0.1) is 0 Å². The number of hydrogen-bond acceptors (Lipinski definition) is 5. The predicted octanol–water partition coefficient (Wildman–Crippen LogP) is 1.42. The molecule has 0 aliphatic carbocycles. The van der Waals surface area contributed by atoms with Gasteiger partial charge in [-0.1, -0.05) is 25.3 Å². The Labute approximate surface area is 169 Å². The zero-order valence-electron chi connectivity index (χ0n) is 14.9. The molecule has 0 aromatic heterocycles. The molecule has 7 nitrogen and oxygen atoms in total. The van der Waals surface area contributed by atoms with Crippen LogP contribution >= 0.6 is 0 Å². The Hall–Kier alpha value is -3.78. The molecule has 2 aromatic carbocycles. The predicted molar refractivity (Wildman–Crippen MR) is 108 cm³/mol. The quantitative estimate of drug-likeness (QED) is 0.305. The summed E-state index contributed by atoms with van der Waals surface area (Å²) in [6.45, 7) is 1.32. The standard InChI is InChI=1S/C21H18N2O5.CH4/c1-14(24)19(21(27)23-28)22-20(26)17-11-9-15(10-12-17)5-2-3-6-16-7-4-8-18(25)13-16;/h4,7-14,19,24-25,28H,1H3,(H,22,26)(H,23,27);1H4/t14-,19+;/m1./s1. The topological polar surface area (TPSA) is 119 Å². The summed E-state index contributed by atoms with van der Waals surface area (Å²) >= 11 is 0. The van der Waals surface area contributed by atoms with Crippen molar-refractivity contribution >= 4 is 11.8 Å². The number of benzene rings is 2. The molecule has 5 N–H and O–H groups in total. The van der Waals surface area contributed by atoms with Gasteiger partial charge >= 0.3 is 0 Å². The first-order valence-corrected chi connectivity index (χ1v) is 8.24. The molecule has 0 bridgehead atoms. The molecular weight excluding hydrogens is 372 g/mol. The molecule has 7 heteroatoms. The molecule has 0 saturated carbocycles. The van der Waals surface area contributed by atoms with E-state index in [1.165, 1.54) is 30.6 Å². The fourth-order valence-corrected chi connectivity index (χ4v) is 2.19. The molecule has 29 heavy (non-hydrogen) atoms. The average Bonchev–Trinajstić information content (AvgIpc) is 2.69. The van der Waals surface area contributed by atoms with Gasteiger partial charge in [-0.25, -0.2) is 5.48 Å². The summed E-state index contributed by atoms with van der Waals surface area (Å²) in [6.07, 6.45) is -1.19. The van der Waals surface area contributed by atoms with E-state index < -0.39 is 24.0 Å². The Kier molecular flexibility index (Phi) is 8.94. The van der Waals surface area contributed by atoms with Gasteiger partial charge in [-0.2, -0.15) is 0 Å². The third kappa shape index (κ3) is 7.04. The van der Waals surface area contributed by atoms with Crippen molar-refractivity contribution < 1.29 is 25.0 Å². The van der Waals surface area contributed by atoms with Gasteiger partial charge in [0.15, 0.2) is 0 Å². The molecule has 0 radical (unpaired) electrons. The van der Waals surface area contributed by atoms with Crippen LogP contribution in [0.4, 0.5) is 0 Å². The number of hydrogen-bond donors (Lipinski definition) is 5. The van der Waals surface area contributed by atoms with Crippen molar-refractivity contribution in [1.29, 1.82) is 0 Å². The zero-order valence-corrected chi connectivity index (χ0v) is 14.9. The Morgan fingerprint density at radius 1 is 1.00 bits per heavy atom. The van der Waals surface area contributed by atoms with Crippen LogP contribution in [0.5, 0.6) is 5.75 Å². The summed E-state index contributed by atoms with van der Waals surface area (Å²) in [4.78, 5) is 23.6. The molecular formula is C22H22N2O5. The number of aromatic hydroxyl groups is 1. The van der Waals surface area contributed by atoms with E-state index >= 15 is 0 Å². The highest BCUT2D eigenvalue weighted by Crippen LogP contribution is 2.09. The SMILES string of the molecule is C.C[C@@H](O)[C@H](NC(=O)c1ccc(C#CC#Cc2cccc(O)c2)cc1)C(=O)NO. The minimum atomic E-state index is -1.29. The van der Waals surface area contributed by atoms with Crippen molar-refractivity contribution in [3.05, 3.63) is 65.2 Å². The molecule has 0 spiro atoms. The number of carbonyl (C=O) groups is 2. The van der Waals surface area contributed by atoms with Crippen molar-refractivity contribution in [3.63, 3.8) is 0 Å². The van der Waals surface area contributed by atoms with Crippen LogP contribution in [-0.2, 0) is 4.79 Å². The maximum Gasteiger partial charge on any atom is 0.268 e. The third-order valence-electron chi connectivity index (χ3n) is 3.63. The van der Waals surface area contributed by atoms with E-state index in [1.807, 2.05) is 0 Å². The van der Waals surface area contributed by atoms with Gasteiger partial charge in [0.1, 0.15) is 11.8 Å². The third-order valence-corrected chi connectivity index (χ3v) is 3.63.